The lowest BCUT2D eigenvalue weighted by Gasteiger charge is -2.31. The number of likely N-dealkylation sites (N-methyl/N-ethyl adjacent to an activating group) is 1. The summed E-state index contributed by atoms with van der Waals surface area (Å²) in [6, 6.07) is 6.36. The lowest BCUT2D eigenvalue weighted by atomic mass is 9.85. The zero-order valence-corrected chi connectivity index (χ0v) is 26.0. The molecule has 3 heterocycles. The summed E-state index contributed by atoms with van der Waals surface area (Å²) in [5.74, 6) is 1.22. The summed E-state index contributed by atoms with van der Waals surface area (Å²) in [5, 5.41) is 13.0. The van der Waals surface area contributed by atoms with E-state index in [-0.39, 0.29) is 17.9 Å². The molecule has 1 aromatic carbocycles. The third kappa shape index (κ3) is 9.39. The van der Waals surface area contributed by atoms with E-state index in [1.54, 1.807) is 11.3 Å². The molecule has 8 heteroatoms. The number of nitrogens with one attached hydrogen (secondary N) is 1. The molecule has 4 rings (SSSR count). The molecule has 2 aliphatic heterocycles. The van der Waals surface area contributed by atoms with E-state index < -0.39 is 6.10 Å². The number of carbonyl (C=O) groups excluding carboxylic acids is 2. The first-order valence-electron chi connectivity index (χ1n) is 14.4. The monoisotopic (exact) mass is 557 g/mol. The zero-order valence-electron chi connectivity index (χ0n) is 25.2. The van der Waals surface area contributed by atoms with E-state index in [2.05, 4.69) is 46.0 Å². The second-order valence-corrected chi connectivity index (χ2v) is 11.8. The van der Waals surface area contributed by atoms with Gasteiger partial charge in [0, 0.05) is 42.8 Å². The van der Waals surface area contributed by atoms with Gasteiger partial charge in [0.1, 0.15) is 11.2 Å². The number of aliphatic hydroxyl groups excluding tert-OH is 1. The minimum Gasteiger partial charge on any atom is -0.392 e. The first-order chi connectivity index (χ1) is 18.6. The number of hydrogen-bond donors (Lipinski definition) is 2. The van der Waals surface area contributed by atoms with E-state index >= 15 is 0 Å². The lowest BCUT2D eigenvalue weighted by molar-refractivity contribution is -0.299. The van der Waals surface area contributed by atoms with Crippen LogP contribution in [-0.4, -0.2) is 73.0 Å². The number of aldehydes is 1. The number of carbonyl (C=O) groups is 2. The normalized spacial score (nSPS) is 20.8. The number of benzene rings is 1. The van der Waals surface area contributed by atoms with Gasteiger partial charge in [0.2, 0.25) is 5.91 Å². The van der Waals surface area contributed by atoms with Crippen molar-refractivity contribution in [1.29, 1.82) is 0 Å². The molecule has 1 amide bonds. The van der Waals surface area contributed by atoms with Gasteiger partial charge in [-0.2, -0.15) is 0 Å². The molecule has 3 unspecified atom stereocenters. The van der Waals surface area contributed by atoms with Gasteiger partial charge in [-0.1, -0.05) is 46.8 Å². The van der Waals surface area contributed by atoms with Crippen LogP contribution in [-0.2, 0) is 16.1 Å². The van der Waals surface area contributed by atoms with Crippen molar-refractivity contribution in [3.63, 3.8) is 0 Å². The van der Waals surface area contributed by atoms with Gasteiger partial charge >= 0.3 is 11.2 Å². The molecule has 39 heavy (non-hydrogen) atoms. The van der Waals surface area contributed by atoms with Crippen molar-refractivity contribution in [3.05, 3.63) is 40.5 Å². The number of nitrogens with zero attached hydrogens (tertiary/aromatic N) is 3. The summed E-state index contributed by atoms with van der Waals surface area (Å²) in [6.45, 7) is 15.3. The highest BCUT2D eigenvalue weighted by molar-refractivity contribution is 7.12. The van der Waals surface area contributed by atoms with Gasteiger partial charge in [0.05, 0.1) is 12.1 Å². The Hall–Kier alpha value is -2.31. The van der Waals surface area contributed by atoms with Crippen LogP contribution < -0.4 is 10.3 Å². The fourth-order valence-corrected chi connectivity index (χ4v) is 5.57. The topological polar surface area (TPSA) is 87.0 Å². The predicted octanol–water partition coefficient (Wildman–Crippen LogP) is 4.12. The fourth-order valence-electron chi connectivity index (χ4n) is 4.86. The van der Waals surface area contributed by atoms with E-state index in [1.807, 2.05) is 53.5 Å². The minimum atomic E-state index is -0.417. The summed E-state index contributed by atoms with van der Waals surface area (Å²) in [6.07, 6.45) is 3.34. The van der Waals surface area contributed by atoms with Crippen LogP contribution in [0.25, 0.3) is 10.4 Å². The highest BCUT2D eigenvalue weighted by Crippen LogP contribution is 2.34. The molecule has 2 saturated heterocycles. The van der Waals surface area contributed by atoms with Crippen LogP contribution in [0.2, 0.25) is 0 Å². The average molecular weight is 558 g/mol. The SMILES string of the molecule is CC.CC(C)C(C)C=O.Cc1[n+]#csc1-c1ccc(CNC(=O)C2CC(O)CN2C)c(C2CCN(C)CC2)c1. The molecular weight excluding hydrogens is 508 g/mol. The molecule has 216 valence electrons. The number of rotatable bonds is 7. The Bertz CT molecular complexity index is 1030. The summed E-state index contributed by atoms with van der Waals surface area (Å²) in [7, 11) is 4.07. The van der Waals surface area contributed by atoms with Gasteiger partial charge in [0.15, 0.2) is 0 Å². The Morgan fingerprint density at radius 3 is 2.38 bits per heavy atom. The van der Waals surface area contributed by atoms with Gasteiger partial charge in [-0.05, 0) is 80.5 Å². The summed E-state index contributed by atoms with van der Waals surface area (Å²) in [5.41, 5.74) is 7.73. The van der Waals surface area contributed by atoms with E-state index in [0.717, 1.165) is 37.9 Å². The van der Waals surface area contributed by atoms with Crippen molar-refractivity contribution in [2.24, 2.45) is 11.8 Å². The maximum atomic E-state index is 12.7. The Morgan fingerprint density at radius 2 is 1.90 bits per heavy atom. The lowest BCUT2D eigenvalue weighted by Crippen LogP contribution is -2.41. The van der Waals surface area contributed by atoms with Crippen LogP contribution in [0, 0.1) is 24.3 Å². The van der Waals surface area contributed by atoms with Crippen molar-refractivity contribution in [2.45, 2.75) is 85.4 Å². The molecule has 2 N–H and O–H groups in total. The summed E-state index contributed by atoms with van der Waals surface area (Å²) < 4.78 is 0. The second-order valence-electron chi connectivity index (χ2n) is 11.0. The molecule has 2 aliphatic rings. The maximum Gasteiger partial charge on any atom is 0.382 e. The van der Waals surface area contributed by atoms with Crippen molar-refractivity contribution in [3.8, 4) is 10.4 Å². The Balaban J connectivity index is 0.000000517. The number of aliphatic hydroxyl groups is 1. The number of likely N-dealkylation sites (tertiary alicyclic amines) is 2. The Labute approximate surface area is 240 Å². The molecule has 0 bridgehead atoms. The molecule has 0 saturated carbocycles. The molecule has 2 fully saturated rings. The highest BCUT2D eigenvalue weighted by Gasteiger charge is 2.33. The van der Waals surface area contributed by atoms with Gasteiger partial charge in [-0.3, -0.25) is 9.69 Å². The van der Waals surface area contributed by atoms with Crippen molar-refractivity contribution >= 4 is 23.5 Å². The van der Waals surface area contributed by atoms with E-state index in [4.69, 9.17) is 0 Å². The van der Waals surface area contributed by atoms with Gasteiger partial charge in [-0.15, -0.1) is 0 Å². The van der Waals surface area contributed by atoms with Crippen LogP contribution in [0.3, 0.4) is 0 Å². The van der Waals surface area contributed by atoms with E-state index in [0.29, 0.717) is 31.3 Å². The summed E-state index contributed by atoms with van der Waals surface area (Å²) in [4.78, 5) is 32.4. The van der Waals surface area contributed by atoms with Gasteiger partial charge in [-0.25, -0.2) is 0 Å². The molecule has 7 nitrogen and oxygen atoms in total. The third-order valence-electron chi connectivity index (χ3n) is 7.80. The number of aromatic nitrogens is 1. The first kappa shape index (κ1) is 32.9. The average Bonchev–Trinajstić information content (AvgIpc) is 3.52. The molecule has 0 spiro atoms. The standard InChI is InChI=1S/C23H30N4O2S.C6H12O.C2H6/c1-15-22(30-14-25-15)17-4-5-18(20(10-17)16-6-8-26(2)9-7-16)12-24-23(29)21-11-19(28)13-27(21)3;1-5(2)6(3)4-7;1-2/h4-5,10,16,19,21,28H,6-9,11-13H2,1-3H3;4-6H,1-3H3;1-2H3/p+1. The first-order valence-corrected chi connectivity index (χ1v) is 15.2. The minimum absolute atomic E-state index is 0.000329. The quantitative estimate of drug-likeness (QED) is 0.498. The molecule has 0 aliphatic carbocycles. The zero-order chi connectivity index (χ0) is 29.1. The van der Waals surface area contributed by atoms with Crippen LogP contribution in [0.4, 0.5) is 0 Å². The van der Waals surface area contributed by atoms with Crippen LogP contribution in [0.1, 0.15) is 76.6 Å². The largest absolute Gasteiger partial charge is 0.392 e. The van der Waals surface area contributed by atoms with Crippen LogP contribution >= 0.6 is 11.3 Å². The molecule has 2 aromatic rings. The van der Waals surface area contributed by atoms with Crippen molar-refractivity contribution in [1.82, 2.24) is 15.1 Å². The number of piperidine rings is 1. The molecule has 3 atom stereocenters. The van der Waals surface area contributed by atoms with Crippen molar-refractivity contribution in [2.75, 3.05) is 33.7 Å². The Kier molecular flexibility index (Phi) is 13.6. The van der Waals surface area contributed by atoms with Gasteiger partial charge < -0.3 is 20.1 Å². The van der Waals surface area contributed by atoms with Crippen LogP contribution in [0.5, 0.6) is 0 Å². The van der Waals surface area contributed by atoms with E-state index in [9.17, 15) is 14.7 Å². The predicted molar refractivity (Wildman–Crippen MR) is 159 cm³/mol. The van der Waals surface area contributed by atoms with E-state index in [1.165, 1.54) is 21.6 Å². The molecule has 0 radical (unpaired) electrons. The number of hydrogen-bond acceptors (Lipinski definition) is 6. The Morgan fingerprint density at radius 1 is 1.23 bits per heavy atom. The smallest absolute Gasteiger partial charge is 0.382 e. The fraction of sp³-hybridized carbons (Fsp3) is 0.645. The maximum absolute atomic E-state index is 12.7. The van der Waals surface area contributed by atoms with Crippen LogP contribution in [0.15, 0.2) is 18.2 Å². The highest BCUT2D eigenvalue weighted by atomic mass is 32.1. The second kappa shape index (κ2) is 16.1. The summed E-state index contributed by atoms with van der Waals surface area (Å²) >= 11 is 1.56. The van der Waals surface area contributed by atoms with Gasteiger partial charge in [0.25, 0.3) is 0 Å². The number of amides is 1. The molecule has 1 aromatic heterocycles. The van der Waals surface area contributed by atoms with Crippen molar-refractivity contribution < 1.29 is 19.7 Å². The molecular formula is C31H49N4O3S+. The number of β-amino-alcohol motifs (C(OH)–C–C–N with tert-alkyl or cyclic N) is 1. The third-order valence-corrected chi connectivity index (χ3v) is 8.72.